The zero-order valence-electron chi connectivity index (χ0n) is 18.1. The van der Waals surface area contributed by atoms with Crippen LogP contribution in [0.15, 0.2) is 42.5 Å². The zero-order valence-corrected chi connectivity index (χ0v) is 18.1. The molecule has 164 valence electrons. The van der Waals surface area contributed by atoms with Gasteiger partial charge in [-0.25, -0.2) is 9.59 Å². The molecule has 0 radical (unpaired) electrons. The fraction of sp³-hybridized carbons (Fsp3) is 0.375. The summed E-state index contributed by atoms with van der Waals surface area (Å²) >= 11 is 0. The van der Waals surface area contributed by atoms with Crippen LogP contribution in [0.2, 0.25) is 0 Å². The van der Waals surface area contributed by atoms with Gasteiger partial charge in [-0.05, 0) is 56.6 Å². The van der Waals surface area contributed by atoms with Gasteiger partial charge in [-0.2, -0.15) is 0 Å². The van der Waals surface area contributed by atoms with Crippen LogP contribution in [0.4, 0.5) is 5.69 Å². The number of rotatable bonds is 6. The number of likely N-dealkylation sites (tertiary alicyclic amines) is 1. The van der Waals surface area contributed by atoms with Gasteiger partial charge in [0.1, 0.15) is 0 Å². The van der Waals surface area contributed by atoms with Gasteiger partial charge in [0.2, 0.25) is 5.91 Å². The van der Waals surface area contributed by atoms with E-state index in [1.54, 1.807) is 0 Å². The van der Waals surface area contributed by atoms with E-state index >= 15 is 0 Å². The summed E-state index contributed by atoms with van der Waals surface area (Å²) in [7, 11) is 2.52. The molecule has 2 aromatic carbocycles. The molecule has 1 aliphatic rings. The van der Waals surface area contributed by atoms with Crippen LogP contribution in [0.25, 0.3) is 0 Å². The Morgan fingerprint density at radius 2 is 1.48 bits per heavy atom. The molecular formula is C24H28N2O5. The number of nitrogens with zero attached hydrogens (tertiary/aromatic N) is 1. The Kier molecular flexibility index (Phi) is 7.41. The normalized spacial score (nSPS) is 14.7. The molecule has 1 fully saturated rings. The summed E-state index contributed by atoms with van der Waals surface area (Å²) in [6.45, 7) is 4.62. The van der Waals surface area contributed by atoms with Gasteiger partial charge in [0, 0.05) is 18.2 Å². The lowest BCUT2D eigenvalue weighted by atomic mass is 9.95. The van der Waals surface area contributed by atoms with Crippen molar-refractivity contribution in [3.8, 4) is 0 Å². The van der Waals surface area contributed by atoms with Gasteiger partial charge in [-0.15, -0.1) is 0 Å². The van der Waals surface area contributed by atoms with Crippen molar-refractivity contribution >= 4 is 23.5 Å². The molecule has 0 unspecified atom stereocenters. The number of ether oxygens (including phenoxy) is 2. The molecule has 1 N–H and O–H groups in total. The lowest BCUT2D eigenvalue weighted by Crippen LogP contribution is -2.37. The van der Waals surface area contributed by atoms with E-state index < -0.39 is 11.9 Å². The highest BCUT2D eigenvalue weighted by molar-refractivity contribution is 5.99. The van der Waals surface area contributed by atoms with E-state index in [1.165, 1.54) is 43.5 Å². The first-order chi connectivity index (χ1) is 14.9. The third kappa shape index (κ3) is 5.92. The van der Waals surface area contributed by atoms with Crippen LogP contribution in [-0.2, 0) is 20.8 Å². The summed E-state index contributed by atoms with van der Waals surface area (Å²) in [5.74, 6) is -1.43. The van der Waals surface area contributed by atoms with Gasteiger partial charge in [0.05, 0.1) is 25.3 Å². The average Bonchev–Trinajstić information content (AvgIpc) is 2.79. The van der Waals surface area contributed by atoms with Crippen LogP contribution in [0.5, 0.6) is 0 Å². The lowest BCUT2D eigenvalue weighted by Gasteiger charge is -2.31. The Morgan fingerprint density at radius 1 is 0.935 bits per heavy atom. The smallest absolute Gasteiger partial charge is 0.337 e. The predicted molar refractivity (Wildman–Crippen MR) is 117 cm³/mol. The molecule has 1 aliphatic heterocycles. The predicted octanol–water partition coefficient (Wildman–Crippen LogP) is 3.42. The van der Waals surface area contributed by atoms with E-state index in [-0.39, 0.29) is 23.0 Å². The standard InChI is InChI=1S/C24H28N2O5/c1-16-4-6-17(7-5-16)15-26-10-8-18(9-11-26)22(27)25-21-13-19(23(28)30-2)12-20(14-21)24(29)31-3/h4-7,12-14,18H,8-11,15H2,1-3H3,(H,25,27). The van der Waals surface area contributed by atoms with Crippen molar-refractivity contribution in [2.45, 2.75) is 26.3 Å². The molecule has 3 rings (SSSR count). The van der Waals surface area contributed by atoms with E-state index in [9.17, 15) is 14.4 Å². The molecule has 0 spiro atoms. The molecule has 1 amide bonds. The fourth-order valence-corrected chi connectivity index (χ4v) is 3.72. The summed E-state index contributed by atoms with van der Waals surface area (Å²) in [5, 5.41) is 2.85. The van der Waals surface area contributed by atoms with Crippen LogP contribution in [0, 0.1) is 12.8 Å². The number of aryl methyl sites for hydroxylation is 1. The molecule has 1 heterocycles. The van der Waals surface area contributed by atoms with E-state index in [0.29, 0.717) is 5.69 Å². The summed E-state index contributed by atoms with van der Waals surface area (Å²) in [6, 6.07) is 12.9. The second-order valence-electron chi connectivity index (χ2n) is 7.81. The van der Waals surface area contributed by atoms with Gasteiger partial charge in [0.25, 0.3) is 0 Å². The summed E-state index contributed by atoms with van der Waals surface area (Å²) < 4.78 is 9.48. The second kappa shape index (κ2) is 10.2. The minimum Gasteiger partial charge on any atom is -0.465 e. The molecule has 0 aromatic heterocycles. The van der Waals surface area contributed by atoms with Crippen molar-refractivity contribution in [3.63, 3.8) is 0 Å². The molecule has 7 heteroatoms. The minimum absolute atomic E-state index is 0.118. The van der Waals surface area contributed by atoms with Crippen LogP contribution in [0.1, 0.15) is 44.7 Å². The molecule has 2 aromatic rings. The Bertz CT molecular complexity index is 913. The largest absolute Gasteiger partial charge is 0.465 e. The first kappa shape index (κ1) is 22.5. The third-order valence-corrected chi connectivity index (χ3v) is 5.53. The van der Waals surface area contributed by atoms with Crippen molar-refractivity contribution in [2.75, 3.05) is 32.6 Å². The zero-order chi connectivity index (χ0) is 22.4. The van der Waals surface area contributed by atoms with Crippen molar-refractivity contribution in [1.82, 2.24) is 4.90 Å². The van der Waals surface area contributed by atoms with Crippen molar-refractivity contribution in [2.24, 2.45) is 5.92 Å². The Hall–Kier alpha value is -3.19. The number of nitrogens with one attached hydrogen (secondary N) is 1. The maximum Gasteiger partial charge on any atom is 0.337 e. The number of anilines is 1. The molecule has 0 aliphatic carbocycles. The first-order valence-corrected chi connectivity index (χ1v) is 10.3. The number of carbonyl (C=O) groups excluding carboxylic acids is 3. The van der Waals surface area contributed by atoms with Gasteiger partial charge in [-0.3, -0.25) is 9.69 Å². The summed E-state index contributed by atoms with van der Waals surface area (Å²) in [4.78, 5) is 39.0. The van der Waals surface area contributed by atoms with E-state index in [0.717, 1.165) is 32.5 Å². The van der Waals surface area contributed by atoms with Crippen LogP contribution < -0.4 is 5.32 Å². The van der Waals surface area contributed by atoms with Crippen LogP contribution >= 0.6 is 0 Å². The topological polar surface area (TPSA) is 84.9 Å². The number of benzene rings is 2. The molecule has 7 nitrogen and oxygen atoms in total. The quantitative estimate of drug-likeness (QED) is 0.716. The Morgan fingerprint density at radius 3 is 2.00 bits per heavy atom. The molecule has 1 saturated heterocycles. The molecule has 31 heavy (non-hydrogen) atoms. The van der Waals surface area contributed by atoms with Gasteiger partial charge in [0.15, 0.2) is 0 Å². The van der Waals surface area contributed by atoms with E-state index in [4.69, 9.17) is 9.47 Å². The monoisotopic (exact) mass is 424 g/mol. The minimum atomic E-state index is -0.592. The lowest BCUT2D eigenvalue weighted by molar-refractivity contribution is -0.121. The number of esters is 2. The first-order valence-electron chi connectivity index (χ1n) is 10.3. The van der Waals surface area contributed by atoms with E-state index in [1.807, 2.05) is 0 Å². The highest BCUT2D eigenvalue weighted by atomic mass is 16.5. The maximum absolute atomic E-state index is 12.8. The number of hydrogen-bond donors (Lipinski definition) is 1. The second-order valence-corrected chi connectivity index (χ2v) is 7.81. The van der Waals surface area contributed by atoms with Crippen molar-refractivity contribution < 1.29 is 23.9 Å². The van der Waals surface area contributed by atoms with Gasteiger partial charge in [-0.1, -0.05) is 29.8 Å². The maximum atomic E-state index is 12.8. The average molecular weight is 424 g/mol. The Balaban J connectivity index is 1.62. The number of carbonyl (C=O) groups is 3. The summed E-state index contributed by atoms with van der Waals surface area (Å²) in [5.41, 5.74) is 3.23. The Labute approximate surface area is 182 Å². The van der Waals surface area contributed by atoms with Gasteiger partial charge < -0.3 is 14.8 Å². The van der Waals surface area contributed by atoms with Crippen molar-refractivity contribution in [1.29, 1.82) is 0 Å². The third-order valence-electron chi connectivity index (χ3n) is 5.53. The van der Waals surface area contributed by atoms with Crippen LogP contribution in [-0.4, -0.2) is 50.1 Å². The van der Waals surface area contributed by atoms with Crippen LogP contribution in [0.3, 0.4) is 0 Å². The number of amides is 1. The molecule has 0 bridgehead atoms. The highest BCUT2D eigenvalue weighted by Gasteiger charge is 2.25. The van der Waals surface area contributed by atoms with Crippen molar-refractivity contribution in [3.05, 3.63) is 64.7 Å². The fourth-order valence-electron chi connectivity index (χ4n) is 3.72. The van der Waals surface area contributed by atoms with E-state index in [2.05, 4.69) is 41.4 Å². The molecular weight excluding hydrogens is 396 g/mol. The summed E-state index contributed by atoms with van der Waals surface area (Å²) in [6.07, 6.45) is 1.50. The molecule has 0 atom stereocenters. The van der Waals surface area contributed by atoms with Gasteiger partial charge >= 0.3 is 11.9 Å². The molecule has 0 saturated carbocycles. The number of methoxy groups -OCH3 is 2. The highest BCUT2D eigenvalue weighted by Crippen LogP contribution is 2.23. The number of hydrogen-bond acceptors (Lipinski definition) is 6. The number of piperidine rings is 1. The SMILES string of the molecule is COC(=O)c1cc(NC(=O)C2CCN(Cc3ccc(C)cc3)CC2)cc(C(=O)OC)c1.